The van der Waals surface area contributed by atoms with Gasteiger partial charge in [0.15, 0.2) is 5.16 Å². The van der Waals surface area contributed by atoms with Gasteiger partial charge in [0.05, 0.1) is 18.9 Å². The maximum absolute atomic E-state index is 5.82. The van der Waals surface area contributed by atoms with Crippen LogP contribution in [0.2, 0.25) is 0 Å². The maximum Gasteiger partial charge on any atom is 0.195 e. The number of rotatable bonds is 8. The lowest BCUT2D eigenvalue weighted by Crippen LogP contribution is -2.34. The summed E-state index contributed by atoms with van der Waals surface area (Å²) in [5.74, 6) is 3.26. The Morgan fingerprint density at radius 3 is 2.81 bits per heavy atom. The third kappa shape index (κ3) is 5.51. The molecule has 3 heterocycles. The van der Waals surface area contributed by atoms with Crippen molar-refractivity contribution in [2.75, 3.05) is 39.1 Å². The Hall–Kier alpha value is -1.83. The van der Waals surface area contributed by atoms with Gasteiger partial charge in [0.25, 0.3) is 0 Å². The van der Waals surface area contributed by atoms with Crippen molar-refractivity contribution in [3.05, 3.63) is 41.7 Å². The van der Waals surface area contributed by atoms with Gasteiger partial charge in [-0.3, -0.25) is 9.47 Å². The van der Waals surface area contributed by atoms with Crippen LogP contribution in [0.25, 0.3) is 5.69 Å². The lowest BCUT2D eigenvalue weighted by atomic mass is 9.95. The van der Waals surface area contributed by atoms with E-state index in [1.807, 2.05) is 12.1 Å². The van der Waals surface area contributed by atoms with Gasteiger partial charge >= 0.3 is 0 Å². The molecule has 2 aliphatic heterocycles. The maximum atomic E-state index is 5.82. The second-order valence-electron chi connectivity index (χ2n) is 8.51. The first-order chi connectivity index (χ1) is 15.2. The number of thioether (sulfide) groups is 1. The molecule has 2 fully saturated rings. The van der Waals surface area contributed by atoms with E-state index in [1.165, 1.54) is 5.57 Å². The summed E-state index contributed by atoms with van der Waals surface area (Å²) in [6.07, 6.45) is 7.04. The van der Waals surface area contributed by atoms with Crippen molar-refractivity contribution >= 4 is 11.8 Å². The zero-order chi connectivity index (χ0) is 21.6. The summed E-state index contributed by atoms with van der Waals surface area (Å²) in [6.45, 7) is 8.47. The van der Waals surface area contributed by atoms with Crippen LogP contribution in [0.15, 0.2) is 41.1 Å². The third-order valence-corrected chi connectivity index (χ3v) is 7.37. The van der Waals surface area contributed by atoms with Crippen LogP contribution in [0, 0.1) is 0 Å². The van der Waals surface area contributed by atoms with Gasteiger partial charge in [-0.2, -0.15) is 0 Å². The molecule has 7 heteroatoms. The monoisotopic (exact) mass is 442 g/mol. The van der Waals surface area contributed by atoms with Gasteiger partial charge in [0.1, 0.15) is 11.6 Å². The molecular formula is C24H34N4O2S. The molecule has 2 aliphatic rings. The number of piperidine rings is 1. The summed E-state index contributed by atoms with van der Waals surface area (Å²) in [7, 11) is 1.71. The summed E-state index contributed by atoms with van der Waals surface area (Å²) in [6, 6.07) is 8.22. The Morgan fingerprint density at radius 1 is 1.26 bits per heavy atom. The Balaban J connectivity index is 1.55. The number of aromatic nitrogens is 3. The molecule has 0 bridgehead atoms. The number of hydrogen-bond acceptors (Lipinski definition) is 6. The first-order valence-electron chi connectivity index (χ1n) is 11.4. The van der Waals surface area contributed by atoms with Crippen LogP contribution in [0.4, 0.5) is 0 Å². The molecule has 0 saturated carbocycles. The molecule has 2 saturated heterocycles. The van der Waals surface area contributed by atoms with Crippen molar-refractivity contribution < 1.29 is 9.47 Å². The number of hydrogen-bond donors (Lipinski definition) is 0. The van der Waals surface area contributed by atoms with Gasteiger partial charge in [0.2, 0.25) is 0 Å². The van der Waals surface area contributed by atoms with Crippen molar-refractivity contribution in [2.24, 2.45) is 0 Å². The van der Waals surface area contributed by atoms with E-state index in [1.54, 1.807) is 18.9 Å². The van der Waals surface area contributed by atoms with Crippen LogP contribution in [0.5, 0.6) is 5.75 Å². The molecule has 0 unspecified atom stereocenters. The molecule has 4 rings (SSSR count). The van der Waals surface area contributed by atoms with E-state index in [4.69, 9.17) is 14.6 Å². The van der Waals surface area contributed by atoms with Crippen molar-refractivity contribution in [3.8, 4) is 11.4 Å². The molecule has 168 valence electrons. The summed E-state index contributed by atoms with van der Waals surface area (Å²) in [5, 5.41) is 10.3. The van der Waals surface area contributed by atoms with Crippen LogP contribution in [0.3, 0.4) is 0 Å². The SMILES string of the molecule is C/C=C(\C)CN1CCC(c2nnc(SC[C@@H]3CCCO3)n2-c2cccc(OC)c2)CC1. The van der Waals surface area contributed by atoms with Gasteiger partial charge in [-0.1, -0.05) is 29.5 Å². The molecule has 2 aromatic rings. The highest BCUT2D eigenvalue weighted by Gasteiger charge is 2.28. The van der Waals surface area contributed by atoms with Gasteiger partial charge in [0, 0.05) is 30.9 Å². The normalized spacial score (nSPS) is 21.0. The fourth-order valence-electron chi connectivity index (χ4n) is 4.37. The number of allylic oxidation sites excluding steroid dienone is 1. The van der Waals surface area contributed by atoms with Crippen LogP contribution in [0.1, 0.15) is 51.3 Å². The van der Waals surface area contributed by atoms with Crippen molar-refractivity contribution in [1.82, 2.24) is 19.7 Å². The second kappa shape index (κ2) is 10.7. The Morgan fingerprint density at radius 2 is 2.10 bits per heavy atom. The summed E-state index contributed by atoms with van der Waals surface area (Å²) in [5.41, 5.74) is 2.51. The summed E-state index contributed by atoms with van der Waals surface area (Å²) >= 11 is 1.76. The quantitative estimate of drug-likeness (QED) is 0.437. The standard InChI is InChI=1S/C24H34N4O2S/c1-4-18(2)16-27-12-10-19(11-13-27)23-25-26-24(31-17-22-9-6-14-30-22)28(23)20-7-5-8-21(15-20)29-3/h4-5,7-8,15,19,22H,6,9-14,16-17H2,1-3H3/b18-4+/t22-/m0/s1. The Bertz CT molecular complexity index is 883. The number of benzene rings is 1. The third-order valence-electron chi connectivity index (χ3n) is 6.31. The highest BCUT2D eigenvalue weighted by atomic mass is 32.2. The lowest BCUT2D eigenvalue weighted by molar-refractivity contribution is 0.129. The molecule has 31 heavy (non-hydrogen) atoms. The predicted molar refractivity (Wildman–Crippen MR) is 125 cm³/mol. The zero-order valence-electron chi connectivity index (χ0n) is 18.9. The average Bonchev–Trinajstić information content (AvgIpc) is 3.48. The molecule has 0 amide bonds. The fourth-order valence-corrected chi connectivity index (χ4v) is 5.39. The van der Waals surface area contributed by atoms with Crippen LogP contribution in [-0.2, 0) is 4.74 Å². The molecule has 0 aliphatic carbocycles. The smallest absolute Gasteiger partial charge is 0.195 e. The van der Waals surface area contributed by atoms with E-state index in [9.17, 15) is 0 Å². The van der Waals surface area contributed by atoms with E-state index in [-0.39, 0.29) is 0 Å². The predicted octanol–water partition coefficient (Wildman–Crippen LogP) is 4.69. The van der Waals surface area contributed by atoms with Crippen LogP contribution in [-0.4, -0.2) is 64.9 Å². The molecular weight excluding hydrogens is 408 g/mol. The van der Waals surface area contributed by atoms with Crippen molar-refractivity contribution in [1.29, 1.82) is 0 Å². The molecule has 0 spiro atoms. The highest BCUT2D eigenvalue weighted by molar-refractivity contribution is 7.99. The van der Waals surface area contributed by atoms with E-state index in [0.717, 1.165) is 80.1 Å². The summed E-state index contributed by atoms with van der Waals surface area (Å²) < 4.78 is 13.6. The lowest BCUT2D eigenvalue weighted by Gasteiger charge is -2.31. The van der Waals surface area contributed by atoms with E-state index in [0.29, 0.717) is 12.0 Å². The Labute approximate surface area is 190 Å². The molecule has 1 aromatic heterocycles. The van der Waals surface area contributed by atoms with Gasteiger partial charge in [-0.15, -0.1) is 10.2 Å². The first-order valence-corrected chi connectivity index (χ1v) is 12.3. The van der Waals surface area contributed by atoms with Gasteiger partial charge in [-0.05, 0) is 64.8 Å². The van der Waals surface area contributed by atoms with Crippen LogP contribution < -0.4 is 4.74 Å². The van der Waals surface area contributed by atoms with E-state index in [2.05, 4.69) is 46.6 Å². The molecule has 1 aromatic carbocycles. The minimum Gasteiger partial charge on any atom is -0.497 e. The average molecular weight is 443 g/mol. The van der Waals surface area contributed by atoms with Crippen molar-refractivity contribution in [3.63, 3.8) is 0 Å². The van der Waals surface area contributed by atoms with E-state index >= 15 is 0 Å². The number of likely N-dealkylation sites (tertiary alicyclic amines) is 1. The minimum absolute atomic E-state index is 0.321. The molecule has 0 N–H and O–H groups in total. The van der Waals surface area contributed by atoms with Gasteiger partial charge in [-0.25, -0.2) is 0 Å². The summed E-state index contributed by atoms with van der Waals surface area (Å²) in [4.78, 5) is 2.55. The van der Waals surface area contributed by atoms with Crippen LogP contribution >= 0.6 is 11.8 Å². The number of nitrogens with zero attached hydrogens (tertiary/aromatic N) is 4. The molecule has 1 atom stereocenters. The van der Waals surface area contributed by atoms with Gasteiger partial charge < -0.3 is 9.47 Å². The second-order valence-corrected chi connectivity index (χ2v) is 9.50. The number of ether oxygens (including phenoxy) is 2. The van der Waals surface area contributed by atoms with Crippen molar-refractivity contribution in [2.45, 2.75) is 56.7 Å². The fraction of sp³-hybridized carbons (Fsp3) is 0.583. The minimum atomic E-state index is 0.321. The first kappa shape index (κ1) is 22.4. The Kier molecular flexibility index (Phi) is 7.69. The largest absolute Gasteiger partial charge is 0.497 e. The van der Waals surface area contributed by atoms with E-state index < -0.39 is 0 Å². The highest BCUT2D eigenvalue weighted by Crippen LogP contribution is 2.33. The molecule has 6 nitrogen and oxygen atoms in total. The zero-order valence-corrected chi connectivity index (χ0v) is 19.7. The molecule has 0 radical (unpaired) electrons. The topological polar surface area (TPSA) is 52.4 Å². The number of methoxy groups -OCH3 is 1.